The summed E-state index contributed by atoms with van der Waals surface area (Å²) in [6.07, 6.45) is 0. The number of carbonyl (C=O) groups excluding carboxylic acids is 1. The third-order valence-electron chi connectivity index (χ3n) is 3.03. The fourth-order valence-corrected chi connectivity index (χ4v) is 2.48. The summed E-state index contributed by atoms with van der Waals surface area (Å²) in [5.41, 5.74) is 2.24. The van der Waals surface area contributed by atoms with Gasteiger partial charge in [0.1, 0.15) is 5.69 Å². The van der Waals surface area contributed by atoms with Gasteiger partial charge in [-0.3, -0.25) is 19.6 Å². The highest BCUT2D eigenvalue weighted by molar-refractivity contribution is 9.10. The number of nitro benzene ring substituents is 1. The molecule has 0 spiro atoms. The van der Waals surface area contributed by atoms with E-state index in [9.17, 15) is 14.9 Å². The van der Waals surface area contributed by atoms with Gasteiger partial charge in [-0.1, -0.05) is 0 Å². The average molecular weight is 353 g/mol. The summed E-state index contributed by atoms with van der Waals surface area (Å²) in [5.74, 6) is -0.332. The second-order valence-corrected chi connectivity index (χ2v) is 5.38. The number of carbonyl (C=O) groups is 1. The van der Waals surface area contributed by atoms with Gasteiger partial charge in [0.2, 0.25) is 0 Å². The lowest BCUT2D eigenvalue weighted by Crippen LogP contribution is -2.17. The molecule has 1 N–H and O–H groups in total. The Morgan fingerprint density at radius 2 is 2.10 bits per heavy atom. The van der Waals surface area contributed by atoms with E-state index >= 15 is 0 Å². The SMILES string of the molecule is Cc1cc([N+](=O)[O-])ccc1NC(=O)c1c(Br)c(C)nn1C. The van der Waals surface area contributed by atoms with Crippen LogP contribution in [0.4, 0.5) is 11.4 Å². The second kappa shape index (κ2) is 5.65. The van der Waals surface area contributed by atoms with Crippen molar-refractivity contribution in [3.63, 3.8) is 0 Å². The Balaban J connectivity index is 2.30. The molecule has 1 aromatic heterocycles. The number of hydrogen-bond donors (Lipinski definition) is 1. The van der Waals surface area contributed by atoms with Gasteiger partial charge in [0.25, 0.3) is 11.6 Å². The van der Waals surface area contributed by atoms with Gasteiger partial charge in [-0.15, -0.1) is 0 Å². The van der Waals surface area contributed by atoms with E-state index in [1.807, 2.05) is 0 Å². The monoisotopic (exact) mass is 352 g/mol. The number of aryl methyl sites for hydroxylation is 3. The van der Waals surface area contributed by atoms with Crippen molar-refractivity contribution in [2.75, 3.05) is 5.32 Å². The Kier molecular flexibility index (Phi) is 4.08. The normalized spacial score (nSPS) is 10.5. The van der Waals surface area contributed by atoms with Crippen molar-refractivity contribution in [2.45, 2.75) is 13.8 Å². The summed E-state index contributed by atoms with van der Waals surface area (Å²) in [6.45, 7) is 3.49. The van der Waals surface area contributed by atoms with E-state index < -0.39 is 4.92 Å². The van der Waals surface area contributed by atoms with E-state index in [0.717, 1.165) is 0 Å². The van der Waals surface area contributed by atoms with Gasteiger partial charge >= 0.3 is 0 Å². The summed E-state index contributed by atoms with van der Waals surface area (Å²) < 4.78 is 2.11. The highest BCUT2D eigenvalue weighted by Crippen LogP contribution is 2.24. The van der Waals surface area contributed by atoms with E-state index in [1.165, 1.54) is 22.9 Å². The molecule has 2 aromatic rings. The molecular weight excluding hydrogens is 340 g/mol. The van der Waals surface area contributed by atoms with Crippen LogP contribution >= 0.6 is 15.9 Å². The van der Waals surface area contributed by atoms with Gasteiger partial charge in [-0.2, -0.15) is 5.10 Å². The number of nitro groups is 1. The maximum absolute atomic E-state index is 12.3. The zero-order valence-electron chi connectivity index (χ0n) is 11.7. The first kappa shape index (κ1) is 15.2. The van der Waals surface area contributed by atoms with E-state index in [1.54, 1.807) is 20.9 Å². The molecule has 1 heterocycles. The van der Waals surface area contributed by atoms with E-state index in [0.29, 0.717) is 27.1 Å². The number of nitrogens with zero attached hydrogens (tertiary/aromatic N) is 3. The molecule has 8 heteroatoms. The highest BCUT2D eigenvalue weighted by atomic mass is 79.9. The zero-order valence-corrected chi connectivity index (χ0v) is 13.3. The molecule has 0 fully saturated rings. The van der Waals surface area contributed by atoms with Crippen LogP contribution in [0.1, 0.15) is 21.7 Å². The van der Waals surface area contributed by atoms with Crippen LogP contribution in [0.2, 0.25) is 0 Å². The molecule has 110 valence electrons. The highest BCUT2D eigenvalue weighted by Gasteiger charge is 2.19. The fraction of sp³-hybridized carbons (Fsp3) is 0.231. The molecule has 0 aliphatic carbocycles. The fourth-order valence-electron chi connectivity index (χ4n) is 1.96. The largest absolute Gasteiger partial charge is 0.320 e. The summed E-state index contributed by atoms with van der Waals surface area (Å²) >= 11 is 3.33. The molecule has 0 aliphatic rings. The predicted molar refractivity (Wildman–Crippen MR) is 81.4 cm³/mol. The molecule has 0 atom stereocenters. The van der Waals surface area contributed by atoms with Crippen LogP contribution in [0.25, 0.3) is 0 Å². The molecule has 2 rings (SSSR count). The second-order valence-electron chi connectivity index (χ2n) is 4.58. The number of rotatable bonds is 3. The molecule has 21 heavy (non-hydrogen) atoms. The Morgan fingerprint density at radius 1 is 1.43 bits per heavy atom. The first-order valence-electron chi connectivity index (χ1n) is 6.06. The number of benzene rings is 1. The molecule has 7 nitrogen and oxygen atoms in total. The molecule has 0 saturated carbocycles. The molecule has 0 aliphatic heterocycles. The Bertz CT molecular complexity index is 739. The summed E-state index contributed by atoms with van der Waals surface area (Å²) in [7, 11) is 1.68. The maximum Gasteiger partial charge on any atom is 0.275 e. The number of non-ortho nitro benzene ring substituents is 1. The van der Waals surface area contributed by atoms with Crippen molar-refractivity contribution < 1.29 is 9.72 Å². The molecule has 1 amide bonds. The van der Waals surface area contributed by atoms with Gasteiger partial charge in [0.05, 0.1) is 15.1 Å². The molecule has 0 bridgehead atoms. The third-order valence-corrected chi connectivity index (χ3v) is 3.98. The van der Waals surface area contributed by atoms with Crippen molar-refractivity contribution in [1.29, 1.82) is 0 Å². The van der Waals surface area contributed by atoms with Crippen LogP contribution in [0.15, 0.2) is 22.7 Å². The van der Waals surface area contributed by atoms with Crippen LogP contribution in [-0.2, 0) is 7.05 Å². The van der Waals surface area contributed by atoms with E-state index in [4.69, 9.17) is 0 Å². The zero-order chi connectivity index (χ0) is 15.7. The van der Waals surface area contributed by atoms with Gasteiger partial charge in [-0.25, -0.2) is 0 Å². The number of hydrogen-bond acceptors (Lipinski definition) is 4. The number of aromatic nitrogens is 2. The number of nitrogens with one attached hydrogen (secondary N) is 1. The lowest BCUT2D eigenvalue weighted by atomic mass is 10.1. The molecule has 0 radical (unpaired) electrons. The number of anilines is 1. The summed E-state index contributed by atoms with van der Waals surface area (Å²) in [5, 5.41) is 17.6. The van der Waals surface area contributed by atoms with Crippen LogP contribution in [0.5, 0.6) is 0 Å². The molecule has 0 saturated heterocycles. The van der Waals surface area contributed by atoms with Gasteiger partial charge in [0, 0.05) is 24.9 Å². The van der Waals surface area contributed by atoms with Crippen LogP contribution < -0.4 is 5.32 Å². The molecular formula is C13H13BrN4O3. The van der Waals surface area contributed by atoms with Crippen molar-refractivity contribution in [3.8, 4) is 0 Å². The van der Waals surface area contributed by atoms with Gasteiger partial charge < -0.3 is 5.32 Å². The Hall–Kier alpha value is -2.22. The quantitative estimate of drug-likeness (QED) is 0.679. The average Bonchev–Trinajstić information content (AvgIpc) is 2.65. The van der Waals surface area contributed by atoms with Crippen molar-refractivity contribution in [3.05, 3.63) is 49.7 Å². The molecule has 1 aromatic carbocycles. The van der Waals surface area contributed by atoms with Crippen molar-refractivity contribution in [2.24, 2.45) is 7.05 Å². The number of amides is 1. The van der Waals surface area contributed by atoms with Gasteiger partial charge in [-0.05, 0) is 41.4 Å². The minimum atomic E-state index is -0.473. The number of halogens is 1. The lowest BCUT2D eigenvalue weighted by Gasteiger charge is -2.08. The van der Waals surface area contributed by atoms with E-state index in [2.05, 4.69) is 26.3 Å². The van der Waals surface area contributed by atoms with Crippen molar-refractivity contribution >= 4 is 33.2 Å². The van der Waals surface area contributed by atoms with Crippen LogP contribution in [0, 0.1) is 24.0 Å². The first-order valence-corrected chi connectivity index (χ1v) is 6.86. The van der Waals surface area contributed by atoms with E-state index in [-0.39, 0.29) is 11.6 Å². The maximum atomic E-state index is 12.3. The van der Waals surface area contributed by atoms with Crippen LogP contribution in [-0.4, -0.2) is 20.6 Å². The minimum absolute atomic E-state index is 0.0111. The molecule has 0 unspecified atom stereocenters. The topological polar surface area (TPSA) is 90.1 Å². The lowest BCUT2D eigenvalue weighted by molar-refractivity contribution is -0.384. The minimum Gasteiger partial charge on any atom is -0.320 e. The summed E-state index contributed by atoms with van der Waals surface area (Å²) in [6, 6.07) is 4.29. The third kappa shape index (κ3) is 2.94. The summed E-state index contributed by atoms with van der Waals surface area (Å²) in [4.78, 5) is 22.5. The van der Waals surface area contributed by atoms with Crippen LogP contribution in [0.3, 0.4) is 0 Å². The first-order chi connectivity index (χ1) is 9.81. The predicted octanol–water partition coefficient (Wildman–Crippen LogP) is 2.96. The Morgan fingerprint density at radius 3 is 2.57 bits per heavy atom. The standard InChI is InChI=1S/C13H13BrN4O3/c1-7-6-9(18(20)21)4-5-10(7)15-13(19)12-11(14)8(2)16-17(12)3/h4-6H,1-3H3,(H,15,19). The van der Waals surface area contributed by atoms with Crippen molar-refractivity contribution in [1.82, 2.24) is 9.78 Å². The smallest absolute Gasteiger partial charge is 0.275 e. The Labute approximate surface area is 129 Å². The van der Waals surface area contributed by atoms with Gasteiger partial charge in [0.15, 0.2) is 0 Å².